The van der Waals surface area contributed by atoms with E-state index in [1.54, 1.807) is 51.2 Å². The number of hydrogen-bond donors (Lipinski definition) is 2. The minimum Gasteiger partial charge on any atom is -0.444 e. The van der Waals surface area contributed by atoms with Crippen molar-refractivity contribution in [2.24, 2.45) is 5.73 Å². The lowest BCUT2D eigenvalue weighted by Gasteiger charge is -2.26. The van der Waals surface area contributed by atoms with E-state index in [0.717, 1.165) is 0 Å². The molecular formula is C30H26ClFN6O4. The molecule has 1 fully saturated rings. The largest absolute Gasteiger partial charge is 0.444 e. The molecule has 42 heavy (non-hydrogen) atoms. The molecule has 1 saturated heterocycles. The van der Waals surface area contributed by atoms with E-state index in [2.05, 4.69) is 15.3 Å². The number of hydrogen-bond acceptors (Lipinski definition) is 7. The number of aromatic nitrogens is 4. The molecule has 0 aliphatic carbocycles. The molecule has 0 saturated carbocycles. The van der Waals surface area contributed by atoms with Gasteiger partial charge in [0, 0.05) is 12.4 Å². The van der Waals surface area contributed by atoms with Gasteiger partial charge in [-0.3, -0.25) is 19.7 Å². The lowest BCUT2D eigenvalue weighted by Crippen LogP contribution is -2.28. The number of carbonyl (C=O) groups excluding carboxylic acids is 2. The zero-order valence-corrected chi connectivity index (χ0v) is 23.7. The number of ether oxygens (including phenoxy) is 2. The summed E-state index contributed by atoms with van der Waals surface area (Å²) >= 11 is 6.40. The van der Waals surface area contributed by atoms with E-state index in [0.29, 0.717) is 57.4 Å². The third-order valence-electron chi connectivity index (χ3n) is 6.79. The van der Waals surface area contributed by atoms with Crippen LogP contribution in [0.3, 0.4) is 0 Å². The van der Waals surface area contributed by atoms with Crippen LogP contribution in [0.2, 0.25) is 5.02 Å². The Morgan fingerprint density at radius 3 is 2.52 bits per heavy atom. The fraction of sp³-hybridized carbons (Fsp3) is 0.233. The normalized spacial score (nSPS) is 13.7. The first-order valence-electron chi connectivity index (χ1n) is 13.1. The number of benzene rings is 2. The molecule has 0 radical (unpaired) electrons. The van der Waals surface area contributed by atoms with Crippen LogP contribution in [0.15, 0.2) is 54.9 Å². The molecule has 3 aromatic heterocycles. The molecule has 0 atom stereocenters. The van der Waals surface area contributed by atoms with Crippen molar-refractivity contribution in [2.45, 2.75) is 32.3 Å². The van der Waals surface area contributed by atoms with Gasteiger partial charge in [-0.1, -0.05) is 11.6 Å². The van der Waals surface area contributed by atoms with Crippen molar-refractivity contribution >= 4 is 51.4 Å². The van der Waals surface area contributed by atoms with Crippen LogP contribution in [-0.4, -0.2) is 50.3 Å². The Morgan fingerprint density at radius 2 is 1.83 bits per heavy atom. The summed E-state index contributed by atoms with van der Waals surface area (Å²) in [5.41, 5.74) is 8.21. The number of carbonyl (C=O) groups is 2. The monoisotopic (exact) mass is 588 g/mol. The molecule has 1 aliphatic heterocycles. The van der Waals surface area contributed by atoms with Gasteiger partial charge < -0.3 is 15.2 Å². The highest BCUT2D eigenvalue weighted by Crippen LogP contribution is 2.38. The minimum atomic E-state index is -0.689. The molecule has 214 valence electrons. The van der Waals surface area contributed by atoms with Crippen LogP contribution in [0, 0.1) is 5.82 Å². The van der Waals surface area contributed by atoms with Crippen molar-refractivity contribution in [1.82, 2.24) is 19.5 Å². The molecule has 0 spiro atoms. The van der Waals surface area contributed by atoms with Gasteiger partial charge in [-0.25, -0.2) is 19.2 Å². The molecule has 2 aromatic carbocycles. The van der Waals surface area contributed by atoms with Crippen molar-refractivity contribution in [1.29, 1.82) is 0 Å². The average molecular weight is 589 g/mol. The van der Waals surface area contributed by atoms with E-state index in [-0.39, 0.29) is 22.7 Å². The zero-order chi connectivity index (χ0) is 29.8. The first-order chi connectivity index (χ1) is 20.0. The van der Waals surface area contributed by atoms with E-state index in [1.165, 1.54) is 18.3 Å². The predicted molar refractivity (Wildman–Crippen MR) is 157 cm³/mol. The van der Waals surface area contributed by atoms with Gasteiger partial charge in [-0.2, -0.15) is 0 Å². The highest BCUT2D eigenvalue weighted by molar-refractivity contribution is 6.35. The number of nitrogens with zero attached hydrogens (tertiary/aromatic N) is 4. The van der Waals surface area contributed by atoms with Crippen molar-refractivity contribution < 1.29 is 23.5 Å². The second-order valence-corrected chi connectivity index (χ2v) is 11.3. The highest BCUT2D eigenvalue weighted by Gasteiger charge is 2.30. The number of nitrogens with one attached hydrogen (secondary N) is 1. The summed E-state index contributed by atoms with van der Waals surface area (Å²) in [4.78, 5) is 38.5. The van der Waals surface area contributed by atoms with E-state index in [1.807, 2.05) is 10.6 Å². The van der Waals surface area contributed by atoms with E-state index >= 15 is 4.39 Å². The Labute approximate surface area is 244 Å². The summed E-state index contributed by atoms with van der Waals surface area (Å²) in [7, 11) is 0. The van der Waals surface area contributed by atoms with Crippen molar-refractivity contribution in [3.8, 4) is 16.8 Å². The smallest absolute Gasteiger partial charge is 0.413 e. The summed E-state index contributed by atoms with van der Waals surface area (Å²) in [6, 6.07) is 11.3. The zero-order valence-electron chi connectivity index (χ0n) is 22.9. The summed E-state index contributed by atoms with van der Waals surface area (Å²) < 4.78 is 28.0. The molecular weight excluding hydrogens is 563 g/mol. The van der Waals surface area contributed by atoms with Gasteiger partial charge in [0.2, 0.25) is 0 Å². The molecule has 0 unspecified atom stereocenters. The predicted octanol–water partition coefficient (Wildman–Crippen LogP) is 5.99. The van der Waals surface area contributed by atoms with Gasteiger partial charge in [0.15, 0.2) is 0 Å². The quantitative estimate of drug-likeness (QED) is 0.257. The van der Waals surface area contributed by atoms with Crippen molar-refractivity contribution in [3.05, 3.63) is 77.1 Å². The summed E-state index contributed by atoms with van der Waals surface area (Å²) in [5, 5.41) is 3.14. The molecule has 4 heterocycles. The summed E-state index contributed by atoms with van der Waals surface area (Å²) in [5.74, 6) is -0.450. The third kappa shape index (κ3) is 5.01. The maximum atomic E-state index is 15.4. The number of halogens is 2. The average Bonchev–Trinajstić information content (AvgIpc) is 3.26. The molecule has 12 heteroatoms. The maximum absolute atomic E-state index is 15.4. The number of rotatable bonds is 5. The second-order valence-electron chi connectivity index (χ2n) is 10.9. The van der Waals surface area contributed by atoms with Crippen molar-refractivity contribution in [3.63, 3.8) is 0 Å². The third-order valence-corrected chi connectivity index (χ3v) is 7.09. The van der Waals surface area contributed by atoms with Crippen molar-refractivity contribution in [2.75, 3.05) is 18.5 Å². The van der Waals surface area contributed by atoms with Gasteiger partial charge in [0.05, 0.1) is 51.8 Å². The van der Waals surface area contributed by atoms with Crippen LogP contribution >= 0.6 is 11.6 Å². The van der Waals surface area contributed by atoms with E-state index in [4.69, 9.17) is 31.8 Å². The minimum absolute atomic E-state index is 0.0995. The van der Waals surface area contributed by atoms with Crippen LogP contribution in [0.5, 0.6) is 0 Å². The highest BCUT2D eigenvalue weighted by atomic mass is 35.5. The molecule has 5 aromatic rings. The molecule has 10 nitrogen and oxygen atoms in total. The maximum Gasteiger partial charge on any atom is 0.413 e. The molecule has 2 amide bonds. The van der Waals surface area contributed by atoms with Crippen LogP contribution < -0.4 is 11.1 Å². The molecule has 6 rings (SSSR count). The van der Waals surface area contributed by atoms with Crippen LogP contribution in [0.1, 0.15) is 42.9 Å². The Hall–Kier alpha value is -4.61. The van der Waals surface area contributed by atoms with Gasteiger partial charge in [-0.15, -0.1) is 0 Å². The van der Waals surface area contributed by atoms with Crippen LogP contribution in [0.4, 0.5) is 15.0 Å². The first kappa shape index (κ1) is 27.6. The fourth-order valence-electron chi connectivity index (χ4n) is 4.91. The van der Waals surface area contributed by atoms with Gasteiger partial charge in [0.25, 0.3) is 5.91 Å². The SMILES string of the molecule is CC(C)(C)OC(=O)Nc1cc(-c2cc(C(N)=O)c3nc(C4COC4)n(-c4ccnc5c(Cl)ccc(F)c45)c3c2)ccn1. The molecule has 1 aliphatic rings. The number of anilines is 1. The van der Waals surface area contributed by atoms with Crippen LogP contribution in [0.25, 0.3) is 38.8 Å². The number of fused-ring (bicyclic) bond motifs is 2. The Morgan fingerprint density at radius 1 is 1.07 bits per heavy atom. The second kappa shape index (κ2) is 10.3. The lowest BCUT2D eigenvalue weighted by molar-refractivity contribution is 0.00449. The Kier molecular flexibility index (Phi) is 6.78. The summed E-state index contributed by atoms with van der Waals surface area (Å²) in [6.45, 7) is 6.11. The lowest BCUT2D eigenvalue weighted by atomic mass is 10.0. The number of nitrogens with two attached hydrogens (primary N) is 1. The Balaban J connectivity index is 1.57. The van der Waals surface area contributed by atoms with E-state index < -0.39 is 23.4 Å². The number of amides is 2. The van der Waals surface area contributed by atoms with Gasteiger partial charge in [-0.05, 0) is 74.4 Å². The first-order valence-corrected chi connectivity index (χ1v) is 13.5. The number of pyridine rings is 2. The number of primary amides is 1. The van der Waals surface area contributed by atoms with Gasteiger partial charge in [0.1, 0.15) is 28.6 Å². The fourth-order valence-corrected chi connectivity index (χ4v) is 5.12. The molecule has 0 bridgehead atoms. The van der Waals surface area contributed by atoms with Crippen LogP contribution in [-0.2, 0) is 9.47 Å². The topological polar surface area (TPSA) is 134 Å². The Bertz CT molecular complexity index is 1900. The van der Waals surface area contributed by atoms with Gasteiger partial charge >= 0.3 is 6.09 Å². The summed E-state index contributed by atoms with van der Waals surface area (Å²) in [6.07, 6.45) is 2.42. The number of imidazole rings is 1. The molecule has 3 N–H and O–H groups in total. The standard InChI is InChI=1S/C30H26ClFN6O4/c1-30(2,3)42-29(40)36-23-12-15(6-8-34-23)16-10-18(27(33)39)25-22(11-16)38(28(37-25)17-13-41-14-17)21-7-9-35-26-19(31)4-5-20(32)24(21)26/h4-12,17H,13-14H2,1-3H3,(H2,33,39)(H,34,36,40). The van der Waals surface area contributed by atoms with E-state index in [9.17, 15) is 9.59 Å².